The minimum atomic E-state index is -1.30. The van der Waals surface area contributed by atoms with Crippen LogP contribution in [0.5, 0.6) is 0 Å². The first-order chi connectivity index (χ1) is 16.1. The summed E-state index contributed by atoms with van der Waals surface area (Å²) in [5.41, 5.74) is 11.2. The molecule has 0 bridgehead atoms. The number of hydrogen-bond acceptors (Lipinski definition) is 8. The fraction of sp³-hybridized carbons (Fsp3) is 0.700. The highest BCUT2D eigenvalue weighted by Gasteiger charge is 2.36. The summed E-state index contributed by atoms with van der Waals surface area (Å²) in [6.45, 7) is -0.293. The molecule has 0 saturated carbocycles. The second kappa shape index (κ2) is 14.8. The number of unbranched alkanes of at least 4 members (excludes halogenated alkanes) is 1. The van der Waals surface area contributed by atoms with Crippen LogP contribution in [-0.2, 0) is 28.8 Å². The van der Waals surface area contributed by atoms with Gasteiger partial charge in [-0.05, 0) is 38.6 Å². The first kappa shape index (κ1) is 28.8. The lowest BCUT2D eigenvalue weighted by Crippen LogP contribution is -2.55. The highest BCUT2D eigenvalue weighted by atomic mass is 16.4. The van der Waals surface area contributed by atoms with E-state index in [1.54, 1.807) is 0 Å². The van der Waals surface area contributed by atoms with Crippen LogP contribution in [0.15, 0.2) is 0 Å². The van der Waals surface area contributed by atoms with Crippen LogP contribution in [0.4, 0.5) is 0 Å². The van der Waals surface area contributed by atoms with Gasteiger partial charge in [-0.3, -0.25) is 28.8 Å². The molecule has 0 aromatic heterocycles. The fourth-order valence-corrected chi connectivity index (χ4v) is 3.46. The fourth-order valence-electron chi connectivity index (χ4n) is 3.46. The number of carbonyl (C=O) groups is 6. The molecule has 14 heteroatoms. The molecule has 14 nitrogen and oxygen atoms in total. The van der Waals surface area contributed by atoms with Gasteiger partial charge >= 0.3 is 11.9 Å². The smallest absolute Gasteiger partial charge is 0.322 e. The summed E-state index contributed by atoms with van der Waals surface area (Å²) in [6.07, 6.45) is 1.96. The molecule has 34 heavy (non-hydrogen) atoms. The van der Waals surface area contributed by atoms with E-state index in [0.29, 0.717) is 32.2 Å². The van der Waals surface area contributed by atoms with E-state index < -0.39 is 66.7 Å². The Hall–Kier alpha value is -3.26. The molecule has 3 atom stereocenters. The normalized spacial score (nSPS) is 16.9. The Morgan fingerprint density at radius 2 is 1.62 bits per heavy atom. The average molecular weight is 487 g/mol. The zero-order valence-electron chi connectivity index (χ0n) is 19.0. The van der Waals surface area contributed by atoms with Crippen LogP contribution < -0.4 is 27.4 Å². The van der Waals surface area contributed by atoms with Crippen molar-refractivity contribution in [3.8, 4) is 0 Å². The van der Waals surface area contributed by atoms with Gasteiger partial charge in [0.05, 0.1) is 12.6 Å². The molecule has 0 aliphatic carbocycles. The average Bonchev–Trinajstić information content (AvgIpc) is 3.28. The van der Waals surface area contributed by atoms with Crippen molar-refractivity contribution in [2.75, 3.05) is 26.2 Å². The largest absolute Gasteiger partial charge is 0.481 e. The Kier molecular flexibility index (Phi) is 12.5. The van der Waals surface area contributed by atoms with Crippen molar-refractivity contribution in [1.29, 1.82) is 0 Å². The molecule has 0 unspecified atom stereocenters. The third-order valence-electron chi connectivity index (χ3n) is 5.29. The molecule has 1 saturated heterocycles. The van der Waals surface area contributed by atoms with Crippen LogP contribution >= 0.6 is 0 Å². The van der Waals surface area contributed by atoms with E-state index in [4.69, 9.17) is 21.7 Å². The SMILES string of the molecule is NCCCC[C@H](N)C(=O)NCC(=O)N1CCC[C@H]1C(=O)N[C@@H](CCC(=O)O)C(=O)NCC(=O)O. The molecule has 1 rings (SSSR count). The molecule has 0 aromatic rings. The molecule has 1 aliphatic rings. The Morgan fingerprint density at radius 3 is 2.24 bits per heavy atom. The number of carboxylic acid groups (broad SMARTS) is 2. The van der Waals surface area contributed by atoms with E-state index in [0.717, 1.165) is 6.42 Å². The summed E-state index contributed by atoms with van der Waals surface area (Å²) in [6, 6.07) is -2.98. The Labute approximate surface area is 196 Å². The summed E-state index contributed by atoms with van der Waals surface area (Å²) < 4.78 is 0. The maximum absolute atomic E-state index is 12.8. The van der Waals surface area contributed by atoms with Gasteiger partial charge in [0.15, 0.2) is 0 Å². The molecular weight excluding hydrogens is 452 g/mol. The van der Waals surface area contributed by atoms with Crippen LogP contribution in [0, 0.1) is 0 Å². The van der Waals surface area contributed by atoms with Gasteiger partial charge in [0.1, 0.15) is 18.6 Å². The summed E-state index contributed by atoms with van der Waals surface area (Å²) in [4.78, 5) is 72.5. The predicted molar refractivity (Wildman–Crippen MR) is 118 cm³/mol. The maximum atomic E-state index is 12.8. The number of likely N-dealkylation sites (tertiary alicyclic amines) is 1. The first-order valence-corrected chi connectivity index (χ1v) is 11.1. The third kappa shape index (κ3) is 10.1. The lowest BCUT2D eigenvalue weighted by Gasteiger charge is -2.26. The van der Waals surface area contributed by atoms with Crippen LogP contribution in [0.25, 0.3) is 0 Å². The molecule has 1 fully saturated rings. The predicted octanol–water partition coefficient (Wildman–Crippen LogP) is -2.90. The Bertz CT molecular complexity index is 761. The van der Waals surface area contributed by atoms with Gasteiger partial charge in [-0.2, -0.15) is 0 Å². The van der Waals surface area contributed by atoms with Crippen LogP contribution in [0.3, 0.4) is 0 Å². The summed E-state index contributed by atoms with van der Waals surface area (Å²) in [5.74, 6) is -5.00. The first-order valence-electron chi connectivity index (χ1n) is 11.1. The lowest BCUT2D eigenvalue weighted by atomic mass is 10.1. The monoisotopic (exact) mass is 486 g/mol. The van der Waals surface area contributed by atoms with Crippen LogP contribution in [0.2, 0.25) is 0 Å². The number of rotatable bonds is 15. The zero-order valence-corrected chi connectivity index (χ0v) is 19.0. The van der Waals surface area contributed by atoms with E-state index in [1.165, 1.54) is 4.90 Å². The van der Waals surface area contributed by atoms with Crippen molar-refractivity contribution >= 4 is 35.6 Å². The van der Waals surface area contributed by atoms with Crippen molar-refractivity contribution in [2.45, 2.75) is 63.1 Å². The second-order valence-corrected chi connectivity index (χ2v) is 7.96. The lowest BCUT2D eigenvalue weighted by molar-refractivity contribution is -0.141. The molecule has 0 spiro atoms. The maximum Gasteiger partial charge on any atom is 0.322 e. The second-order valence-electron chi connectivity index (χ2n) is 7.96. The van der Waals surface area contributed by atoms with Crippen molar-refractivity contribution in [2.24, 2.45) is 11.5 Å². The van der Waals surface area contributed by atoms with E-state index in [1.807, 2.05) is 0 Å². The number of nitrogens with zero attached hydrogens (tertiary/aromatic N) is 1. The molecule has 1 aliphatic heterocycles. The molecule has 1 heterocycles. The number of hydrogen-bond donors (Lipinski definition) is 7. The standard InChI is InChI=1S/C20H34N6O8/c21-8-2-1-4-12(22)18(32)23-10-15(27)26-9-3-5-14(26)20(34)25-13(6-7-16(28)29)19(33)24-11-17(30)31/h12-14H,1-11,21-22H2,(H,23,32)(H,24,33)(H,25,34)(H,28,29)(H,30,31)/t12-,13-,14-/m0/s1. The van der Waals surface area contributed by atoms with Crippen molar-refractivity contribution in [1.82, 2.24) is 20.9 Å². The zero-order chi connectivity index (χ0) is 25.7. The Morgan fingerprint density at radius 1 is 0.941 bits per heavy atom. The van der Waals surface area contributed by atoms with E-state index in [2.05, 4.69) is 16.0 Å². The molecule has 0 aromatic carbocycles. The number of nitrogens with two attached hydrogens (primary N) is 2. The van der Waals surface area contributed by atoms with Gasteiger partial charge in [-0.25, -0.2) is 0 Å². The molecular formula is C20H34N6O8. The molecule has 0 radical (unpaired) electrons. The summed E-state index contributed by atoms with van der Waals surface area (Å²) in [5, 5.41) is 24.6. The number of carboxylic acids is 2. The van der Waals surface area contributed by atoms with E-state index in [9.17, 15) is 28.8 Å². The van der Waals surface area contributed by atoms with Crippen LogP contribution in [-0.4, -0.2) is 95.0 Å². The number of aliphatic carboxylic acids is 2. The van der Waals surface area contributed by atoms with Crippen molar-refractivity contribution in [3.63, 3.8) is 0 Å². The molecule has 192 valence electrons. The molecule has 4 amide bonds. The van der Waals surface area contributed by atoms with Crippen molar-refractivity contribution < 1.29 is 39.0 Å². The highest BCUT2D eigenvalue weighted by Crippen LogP contribution is 2.18. The van der Waals surface area contributed by atoms with Gasteiger partial charge in [0, 0.05) is 13.0 Å². The number of amides is 4. The third-order valence-corrected chi connectivity index (χ3v) is 5.29. The van der Waals surface area contributed by atoms with Gasteiger partial charge in [-0.1, -0.05) is 6.42 Å². The minimum Gasteiger partial charge on any atom is -0.481 e. The van der Waals surface area contributed by atoms with Crippen molar-refractivity contribution in [3.05, 3.63) is 0 Å². The molecule has 9 N–H and O–H groups in total. The van der Waals surface area contributed by atoms with Gasteiger partial charge in [0.25, 0.3) is 0 Å². The van der Waals surface area contributed by atoms with E-state index in [-0.39, 0.29) is 19.5 Å². The summed E-state index contributed by atoms with van der Waals surface area (Å²) >= 11 is 0. The topological polar surface area (TPSA) is 234 Å². The summed E-state index contributed by atoms with van der Waals surface area (Å²) in [7, 11) is 0. The highest BCUT2D eigenvalue weighted by molar-refractivity contribution is 5.94. The Balaban J connectivity index is 2.69. The minimum absolute atomic E-state index is 0.259. The van der Waals surface area contributed by atoms with Crippen LogP contribution in [0.1, 0.15) is 44.9 Å². The van der Waals surface area contributed by atoms with Gasteiger partial charge in [-0.15, -0.1) is 0 Å². The number of nitrogens with one attached hydrogen (secondary N) is 3. The quantitative estimate of drug-likeness (QED) is 0.117. The van der Waals surface area contributed by atoms with Gasteiger partial charge in [0.2, 0.25) is 23.6 Å². The van der Waals surface area contributed by atoms with E-state index >= 15 is 0 Å². The van der Waals surface area contributed by atoms with Gasteiger partial charge < -0.3 is 42.5 Å². The number of carbonyl (C=O) groups excluding carboxylic acids is 4.